The zero-order valence-electron chi connectivity index (χ0n) is 12.5. The quantitative estimate of drug-likeness (QED) is 0.816. The van der Waals surface area contributed by atoms with Crippen LogP contribution in [0.25, 0.3) is 0 Å². The lowest BCUT2D eigenvalue weighted by atomic mass is 9.93. The molecule has 21 heavy (non-hydrogen) atoms. The normalized spacial score (nSPS) is 21.5. The summed E-state index contributed by atoms with van der Waals surface area (Å²) in [6.07, 6.45) is 1.43. The molecule has 5 heteroatoms. The van der Waals surface area contributed by atoms with Crippen molar-refractivity contribution in [2.24, 2.45) is 5.92 Å². The van der Waals surface area contributed by atoms with Gasteiger partial charge in [0.15, 0.2) is 0 Å². The first-order valence-corrected chi connectivity index (χ1v) is 8.11. The fourth-order valence-corrected chi connectivity index (χ4v) is 3.02. The second-order valence-electron chi connectivity index (χ2n) is 5.30. The van der Waals surface area contributed by atoms with E-state index in [2.05, 4.69) is 28.2 Å². The Bertz CT molecular complexity index is 492. The summed E-state index contributed by atoms with van der Waals surface area (Å²) in [5, 5.41) is 3.40. The molecule has 2 atom stereocenters. The molecule has 1 N–H and O–H groups in total. The Morgan fingerprint density at radius 3 is 3.00 bits per heavy atom. The van der Waals surface area contributed by atoms with Gasteiger partial charge in [-0.25, -0.2) is 0 Å². The van der Waals surface area contributed by atoms with Crippen LogP contribution in [0.2, 0.25) is 0 Å². The van der Waals surface area contributed by atoms with Crippen molar-refractivity contribution < 1.29 is 14.3 Å². The lowest BCUT2D eigenvalue weighted by Crippen LogP contribution is -2.40. The molecule has 0 aliphatic carbocycles. The number of ketones is 1. The van der Waals surface area contributed by atoms with Crippen LogP contribution < -0.4 is 10.1 Å². The van der Waals surface area contributed by atoms with Crippen molar-refractivity contribution in [1.82, 2.24) is 5.32 Å². The van der Waals surface area contributed by atoms with Gasteiger partial charge in [0.1, 0.15) is 11.5 Å². The molecule has 1 heterocycles. The second kappa shape index (κ2) is 7.92. The number of hydrogen-bond acceptors (Lipinski definition) is 4. The van der Waals surface area contributed by atoms with Crippen molar-refractivity contribution in [3.63, 3.8) is 0 Å². The maximum absolute atomic E-state index is 12.6. The molecule has 0 bridgehead atoms. The van der Waals surface area contributed by atoms with Gasteiger partial charge < -0.3 is 14.8 Å². The van der Waals surface area contributed by atoms with Gasteiger partial charge in [0.05, 0.1) is 26.2 Å². The van der Waals surface area contributed by atoms with Crippen molar-refractivity contribution in [2.75, 3.05) is 26.9 Å². The van der Waals surface area contributed by atoms with Crippen LogP contribution in [0, 0.1) is 5.92 Å². The van der Waals surface area contributed by atoms with Gasteiger partial charge in [-0.3, -0.25) is 4.79 Å². The Hall–Kier alpha value is -0.910. The maximum Gasteiger partial charge on any atom is 0.144 e. The monoisotopic (exact) mass is 355 g/mol. The molecule has 1 fully saturated rings. The van der Waals surface area contributed by atoms with E-state index in [0.717, 1.165) is 28.8 Å². The molecule has 1 aliphatic heterocycles. The van der Waals surface area contributed by atoms with Crippen LogP contribution in [0.5, 0.6) is 5.75 Å². The minimum absolute atomic E-state index is 0.0692. The van der Waals surface area contributed by atoms with Gasteiger partial charge in [-0.05, 0) is 31.2 Å². The van der Waals surface area contributed by atoms with Crippen LogP contribution in [0.4, 0.5) is 0 Å². The highest BCUT2D eigenvalue weighted by atomic mass is 79.9. The van der Waals surface area contributed by atoms with Crippen molar-refractivity contribution in [1.29, 1.82) is 0 Å². The number of methoxy groups -OCH3 is 1. The zero-order chi connectivity index (χ0) is 15.2. The molecule has 1 aromatic carbocycles. The third-order valence-corrected chi connectivity index (χ3v) is 4.25. The van der Waals surface area contributed by atoms with Crippen molar-refractivity contribution >= 4 is 21.7 Å². The molecule has 1 saturated heterocycles. The number of ether oxygens (including phenoxy) is 2. The molecule has 0 saturated carbocycles. The van der Waals surface area contributed by atoms with Crippen LogP contribution in [-0.2, 0) is 16.0 Å². The van der Waals surface area contributed by atoms with Gasteiger partial charge in [0, 0.05) is 22.5 Å². The van der Waals surface area contributed by atoms with Crippen LogP contribution >= 0.6 is 15.9 Å². The van der Waals surface area contributed by atoms with Crippen LogP contribution in [0.1, 0.15) is 18.9 Å². The first-order chi connectivity index (χ1) is 10.2. The van der Waals surface area contributed by atoms with E-state index in [1.807, 2.05) is 18.2 Å². The summed E-state index contributed by atoms with van der Waals surface area (Å²) in [7, 11) is 1.63. The molecule has 116 valence electrons. The largest absolute Gasteiger partial charge is 0.496 e. The number of hydrogen-bond donors (Lipinski definition) is 1. The van der Waals surface area contributed by atoms with E-state index in [1.54, 1.807) is 7.11 Å². The molecule has 0 spiro atoms. The molecular formula is C16H22BrNO3. The van der Waals surface area contributed by atoms with E-state index in [4.69, 9.17) is 9.47 Å². The second-order valence-corrected chi connectivity index (χ2v) is 6.22. The van der Waals surface area contributed by atoms with E-state index in [1.165, 1.54) is 0 Å². The lowest BCUT2D eigenvalue weighted by Gasteiger charge is -2.18. The molecule has 1 aliphatic rings. The Kier molecular flexibility index (Phi) is 6.21. The first-order valence-electron chi connectivity index (χ1n) is 7.32. The third-order valence-electron chi connectivity index (χ3n) is 3.76. The number of halogens is 1. The SMILES string of the molecule is CCCNC1COCC1C(=O)Cc1cc(Br)ccc1OC. The predicted molar refractivity (Wildman–Crippen MR) is 85.8 cm³/mol. The highest BCUT2D eigenvalue weighted by Gasteiger charge is 2.33. The summed E-state index contributed by atoms with van der Waals surface area (Å²) in [6.45, 7) is 4.16. The molecule has 0 radical (unpaired) electrons. The highest BCUT2D eigenvalue weighted by molar-refractivity contribution is 9.10. The van der Waals surface area contributed by atoms with E-state index >= 15 is 0 Å². The van der Waals surface area contributed by atoms with E-state index in [-0.39, 0.29) is 17.7 Å². The summed E-state index contributed by atoms with van der Waals surface area (Å²) in [5.74, 6) is 0.890. The van der Waals surface area contributed by atoms with Gasteiger partial charge in [-0.1, -0.05) is 22.9 Å². The van der Waals surface area contributed by atoms with Crippen LogP contribution in [0.15, 0.2) is 22.7 Å². The molecule has 1 aromatic rings. The minimum Gasteiger partial charge on any atom is -0.496 e. The fourth-order valence-electron chi connectivity index (χ4n) is 2.61. The van der Waals surface area contributed by atoms with Crippen molar-refractivity contribution in [2.45, 2.75) is 25.8 Å². The molecule has 4 nitrogen and oxygen atoms in total. The van der Waals surface area contributed by atoms with Crippen LogP contribution in [0.3, 0.4) is 0 Å². The molecular weight excluding hydrogens is 334 g/mol. The molecule has 2 unspecified atom stereocenters. The molecule has 0 aromatic heterocycles. The fraction of sp³-hybridized carbons (Fsp3) is 0.562. The number of nitrogens with one attached hydrogen (secondary N) is 1. The summed E-state index contributed by atoms with van der Waals surface area (Å²) in [6, 6.07) is 5.87. The predicted octanol–water partition coefficient (Wildman–Crippen LogP) is 2.58. The van der Waals surface area contributed by atoms with Gasteiger partial charge in [0.2, 0.25) is 0 Å². The van der Waals surface area contributed by atoms with Gasteiger partial charge >= 0.3 is 0 Å². The van der Waals surface area contributed by atoms with Crippen LogP contribution in [-0.4, -0.2) is 38.7 Å². The number of carbonyl (C=O) groups is 1. The molecule has 0 amide bonds. The summed E-state index contributed by atoms with van der Waals surface area (Å²) in [5.41, 5.74) is 0.915. The number of benzene rings is 1. The average molecular weight is 356 g/mol. The topological polar surface area (TPSA) is 47.6 Å². The van der Waals surface area contributed by atoms with E-state index in [0.29, 0.717) is 19.6 Å². The lowest BCUT2D eigenvalue weighted by molar-refractivity contribution is -0.122. The van der Waals surface area contributed by atoms with Gasteiger partial charge in [-0.15, -0.1) is 0 Å². The molecule has 2 rings (SSSR count). The Morgan fingerprint density at radius 1 is 1.48 bits per heavy atom. The first kappa shape index (κ1) is 16.5. The summed E-state index contributed by atoms with van der Waals surface area (Å²) < 4.78 is 11.8. The Labute approximate surface area is 134 Å². The van der Waals surface area contributed by atoms with Crippen molar-refractivity contribution in [3.8, 4) is 5.75 Å². The Morgan fingerprint density at radius 2 is 2.29 bits per heavy atom. The summed E-state index contributed by atoms with van der Waals surface area (Å²) >= 11 is 3.44. The highest BCUT2D eigenvalue weighted by Crippen LogP contribution is 2.26. The number of rotatable bonds is 7. The number of Topliss-reactive ketones (excluding diaryl/α,β-unsaturated/α-hetero) is 1. The minimum atomic E-state index is -0.0692. The van der Waals surface area contributed by atoms with Gasteiger partial charge in [-0.2, -0.15) is 0 Å². The summed E-state index contributed by atoms with van der Waals surface area (Å²) in [4.78, 5) is 12.6. The zero-order valence-corrected chi connectivity index (χ0v) is 14.1. The number of carbonyl (C=O) groups excluding carboxylic acids is 1. The van der Waals surface area contributed by atoms with Gasteiger partial charge in [0.25, 0.3) is 0 Å². The standard InChI is InChI=1S/C16H22BrNO3/c1-3-6-18-14-10-21-9-13(14)15(19)8-11-7-12(17)4-5-16(11)20-2/h4-5,7,13-14,18H,3,6,8-10H2,1-2H3. The Balaban J connectivity index is 2.05. The van der Waals surface area contributed by atoms with Crippen molar-refractivity contribution in [3.05, 3.63) is 28.2 Å². The average Bonchev–Trinajstić information content (AvgIpc) is 2.94. The smallest absolute Gasteiger partial charge is 0.144 e. The maximum atomic E-state index is 12.6. The third kappa shape index (κ3) is 4.28. The van der Waals surface area contributed by atoms with E-state index in [9.17, 15) is 4.79 Å². The van der Waals surface area contributed by atoms with E-state index < -0.39 is 0 Å².